The van der Waals surface area contributed by atoms with E-state index in [1.165, 1.54) is 11.8 Å². The highest BCUT2D eigenvalue weighted by atomic mass is 32.2. The summed E-state index contributed by atoms with van der Waals surface area (Å²) >= 11 is 1.38. The molecule has 0 saturated carbocycles. The molecule has 0 unspecified atom stereocenters. The van der Waals surface area contributed by atoms with E-state index in [0.29, 0.717) is 22.7 Å². The van der Waals surface area contributed by atoms with E-state index in [4.69, 9.17) is 4.74 Å². The number of anilines is 2. The molecule has 4 rings (SSSR count). The van der Waals surface area contributed by atoms with Gasteiger partial charge in [-0.05, 0) is 67.1 Å². The summed E-state index contributed by atoms with van der Waals surface area (Å²) in [5, 5.41) is 8.44. The number of benzene rings is 4. The third kappa shape index (κ3) is 8.34. The molecule has 0 aliphatic rings. The third-order valence-electron chi connectivity index (χ3n) is 5.72. The van der Waals surface area contributed by atoms with E-state index in [1.54, 1.807) is 61.7 Å². The van der Waals surface area contributed by atoms with Gasteiger partial charge in [0.2, 0.25) is 5.91 Å². The lowest BCUT2D eigenvalue weighted by molar-refractivity contribution is -0.114. The van der Waals surface area contributed by atoms with Crippen LogP contribution in [0.1, 0.15) is 21.5 Å². The zero-order chi connectivity index (χ0) is 28.3. The minimum atomic E-state index is -0.455. The first-order valence-corrected chi connectivity index (χ1v) is 13.5. The highest BCUT2D eigenvalue weighted by Crippen LogP contribution is 2.22. The number of aryl methyl sites for hydroxylation is 1. The number of carbonyl (C=O) groups is 3. The van der Waals surface area contributed by atoms with Crippen molar-refractivity contribution in [1.29, 1.82) is 0 Å². The van der Waals surface area contributed by atoms with Crippen LogP contribution in [0.3, 0.4) is 0 Å². The molecule has 8 heteroatoms. The Balaban J connectivity index is 1.39. The van der Waals surface area contributed by atoms with E-state index in [9.17, 15) is 14.4 Å². The minimum absolute atomic E-state index is 0.118. The maximum atomic E-state index is 13.2. The van der Waals surface area contributed by atoms with Crippen LogP contribution in [0.15, 0.2) is 114 Å². The number of hydrogen-bond donors (Lipinski definition) is 3. The standard InChI is InChI=1S/C32H29N3O4S/c1-22-8-6-9-23(18-22)19-29(35-31(37)24-10-4-3-5-11-24)32(38)34-25-14-16-28(17-15-25)40-21-30(36)33-26-12-7-13-27(20-26)39-2/h3-20H,21H2,1-2H3,(H,33,36)(H,34,38)(H,35,37)/b29-19-. The Morgan fingerprint density at radius 1 is 0.800 bits per heavy atom. The first kappa shape index (κ1) is 28.2. The fraction of sp³-hybridized carbons (Fsp3) is 0.0938. The van der Waals surface area contributed by atoms with Gasteiger partial charge in [0, 0.05) is 27.9 Å². The average molecular weight is 552 g/mol. The zero-order valence-corrected chi connectivity index (χ0v) is 23.0. The van der Waals surface area contributed by atoms with Crippen molar-refractivity contribution >= 4 is 46.9 Å². The summed E-state index contributed by atoms with van der Waals surface area (Å²) in [6, 6.07) is 30.7. The number of hydrogen-bond acceptors (Lipinski definition) is 5. The second-order valence-electron chi connectivity index (χ2n) is 8.84. The Morgan fingerprint density at radius 2 is 1.55 bits per heavy atom. The molecule has 0 bridgehead atoms. The van der Waals surface area contributed by atoms with Crippen LogP contribution in [0.25, 0.3) is 6.08 Å². The van der Waals surface area contributed by atoms with Crippen LogP contribution in [-0.2, 0) is 9.59 Å². The summed E-state index contributed by atoms with van der Waals surface area (Å²) in [5.41, 5.74) is 3.61. The fourth-order valence-electron chi connectivity index (χ4n) is 3.75. The molecule has 0 atom stereocenters. The van der Waals surface area contributed by atoms with Crippen molar-refractivity contribution in [2.45, 2.75) is 11.8 Å². The zero-order valence-electron chi connectivity index (χ0n) is 22.1. The third-order valence-corrected chi connectivity index (χ3v) is 6.73. The first-order chi connectivity index (χ1) is 19.4. The maximum Gasteiger partial charge on any atom is 0.272 e. The first-order valence-electron chi connectivity index (χ1n) is 12.5. The van der Waals surface area contributed by atoms with Crippen molar-refractivity contribution in [1.82, 2.24) is 5.32 Å². The van der Waals surface area contributed by atoms with Gasteiger partial charge in [-0.1, -0.05) is 54.1 Å². The Hall–Kier alpha value is -4.82. The number of ether oxygens (including phenoxy) is 1. The van der Waals surface area contributed by atoms with Crippen molar-refractivity contribution in [2.75, 3.05) is 23.5 Å². The lowest BCUT2D eigenvalue weighted by Crippen LogP contribution is -2.30. The van der Waals surface area contributed by atoms with Crippen LogP contribution < -0.4 is 20.7 Å². The molecule has 0 fully saturated rings. The molecule has 7 nitrogen and oxygen atoms in total. The molecule has 0 heterocycles. The Kier molecular flexibility index (Phi) is 9.74. The van der Waals surface area contributed by atoms with Crippen molar-refractivity contribution < 1.29 is 19.1 Å². The van der Waals surface area contributed by atoms with Gasteiger partial charge in [-0.3, -0.25) is 14.4 Å². The van der Waals surface area contributed by atoms with Gasteiger partial charge in [0.1, 0.15) is 11.4 Å². The Morgan fingerprint density at radius 3 is 2.27 bits per heavy atom. The largest absolute Gasteiger partial charge is 0.497 e. The van der Waals surface area contributed by atoms with Gasteiger partial charge in [0.05, 0.1) is 12.9 Å². The van der Waals surface area contributed by atoms with Gasteiger partial charge in [-0.2, -0.15) is 0 Å². The molecule has 0 aliphatic heterocycles. The molecule has 3 amide bonds. The molecule has 202 valence electrons. The summed E-state index contributed by atoms with van der Waals surface area (Å²) in [6.45, 7) is 1.96. The summed E-state index contributed by atoms with van der Waals surface area (Å²) in [4.78, 5) is 39.3. The van der Waals surface area contributed by atoms with Crippen LogP contribution in [0.4, 0.5) is 11.4 Å². The smallest absolute Gasteiger partial charge is 0.272 e. The topological polar surface area (TPSA) is 96.5 Å². The second kappa shape index (κ2) is 13.8. The second-order valence-corrected chi connectivity index (χ2v) is 9.89. The molecule has 0 saturated heterocycles. The molecule has 0 aromatic heterocycles. The molecule has 0 aliphatic carbocycles. The fourth-order valence-corrected chi connectivity index (χ4v) is 4.45. The Labute approximate surface area is 237 Å². The Bertz CT molecular complexity index is 1520. The molecule has 40 heavy (non-hydrogen) atoms. The van der Waals surface area contributed by atoms with Crippen molar-refractivity contribution in [3.8, 4) is 5.75 Å². The highest BCUT2D eigenvalue weighted by molar-refractivity contribution is 8.00. The van der Waals surface area contributed by atoms with Crippen LogP contribution in [-0.4, -0.2) is 30.6 Å². The molecule has 0 spiro atoms. The van der Waals surface area contributed by atoms with E-state index >= 15 is 0 Å². The van der Waals surface area contributed by atoms with Crippen molar-refractivity contribution in [2.24, 2.45) is 0 Å². The number of carbonyl (C=O) groups excluding carboxylic acids is 3. The summed E-state index contributed by atoms with van der Waals surface area (Å²) in [5.74, 6) is -0.0922. The van der Waals surface area contributed by atoms with Gasteiger partial charge in [0.25, 0.3) is 11.8 Å². The normalized spacial score (nSPS) is 10.9. The van der Waals surface area contributed by atoms with E-state index in [-0.39, 0.29) is 23.3 Å². The van der Waals surface area contributed by atoms with Gasteiger partial charge in [-0.25, -0.2) is 0 Å². The van der Waals surface area contributed by atoms with Gasteiger partial charge in [0.15, 0.2) is 0 Å². The molecule has 0 radical (unpaired) electrons. The highest BCUT2D eigenvalue weighted by Gasteiger charge is 2.15. The van der Waals surface area contributed by atoms with Crippen LogP contribution in [0, 0.1) is 6.92 Å². The predicted molar refractivity (Wildman–Crippen MR) is 160 cm³/mol. The lowest BCUT2D eigenvalue weighted by atomic mass is 10.1. The molecule has 3 N–H and O–H groups in total. The minimum Gasteiger partial charge on any atom is -0.497 e. The van der Waals surface area contributed by atoms with Crippen LogP contribution in [0.5, 0.6) is 5.75 Å². The maximum absolute atomic E-state index is 13.2. The summed E-state index contributed by atoms with van der Waals surface area (Å²) in [6.07, 6.45) is 1.65. The quantitative estimate of drug-likeness (QED) is 0.162. The predicted octanol–water partition coefficient (Wildman–Crippen LogP) is 6.14. The van der Waals surface area contributed by atoms with Gasteiger partial charge < -0.3 is 20.7 Å². The van der Waals surface area contributed by atoms with Crippen molar-refractivity contribution in [3.63, 3.8) is 0 Å². The molecular formula is C32H29N3O4S. The van der Waals surface area contributed by atoms with Crippen LogP contribution >= 0.6 is 11.8 Å². The van der Waals surface area contributed by atoms with E-state index in [2.05, 4.69) is 16.0 Å². The van der Waals surface area contributed by atoms with E-state index < -0.39 is 5.91 Å². The van der Waals surface area contributed by atoms with E-state index in [0.717, 1.165) is 16.0 Å². The van der Waals surface area contributed by atoms with Crippen molar-refractivity contribution in [3.05, 3.63) is 126 Å². The molecular weight excluding hydrogens is 522 g/mol. The monoisotopic (exact) mass is 551 g/mol. The lowest BCUT2D eigenvalue weighted by Gasteiger charge is -2.12. The number of amides is 3. The van der Waals surface area contributed by atoms with Crippen LogP contribution in [0.2, 0.25) is 0 Å². The average Bonchev–Trinajstić information content (AvgIpc) is 2.97. The number of methoxy groups -OCH3 is 1. The van der Waals surface area contributed by atoms with Gasteiger partial charge in [-0.15, -0.1) is 11.8 Å². The summed E-state index contributed by atoms with van der Waals surface area (Å²) < 4.78 is 5.18. The number of nitrogens with one attached hydrogen (secondary N) is 3. The van der Waals surface area contributed by atoms with E-state index in [1.807, 2.05) is 61.5 Å². The number of thioether (sulfide) groups is 1. The SMILES string of the molecule is COc1cccc(NC(=O)CSc2ccc(NC(=O)/C(=C/c3cccc(C)c3)NC(=O)c3ccccc3)cc2)c1. The van der Waals surface area contributed by atoms with Gasteiger partial charge >= 0.3 is 0 Å². The molecule has 4 aromatic carbocycles. The number of rotatable bonds is 10. The molecule has 4 aromatic rings. The summed E-state index contributed by atoms with van der Waals surface area (Å²) in [7, 11) is 1.57.